The maximum Gasteiger partial charge on any atom is 0.513 e. The highest BCUT2D eigenvalue weighted by atomic mass is 16.6. The molecule has 0 aliphatic rings. The number of aromatic nitrogens is 2. The SMILES string of the molecule is CCOC(=O)c1cc2cc(C)c[n+]([O-])c2n1C(=O)OC(C)(C)C. The predicted octanol–water partition coefficient (Wildman–Crippen LogP) is 2.54. The molecule has 0 bridgehead atoms. The second-order valence-electron chi connectivity index (χ2n) is 6.19. The van der Waals surface area contributed by atoms with Crippen LogP contribution in [0.25, 0.3) is 11.0 Å². The zero-order chi connectivity index (χ0) is 17.4. The fourth-order valence-corrected chi connectivity index (χ4v) is 2.23. The Morgan fingerprint density at radius 1 is 1.30 bits per heavy atom. The Kier molecular flexibility index (Phi) is 4.31. The molecule has 2 rings (SSSR count). The number of rotatable bonds is 2. The Morgan fingerprint density at radius 3 is 2.52 bits per heavy atom. The molecule has 124 valence electrons. The van der Waals surface area contributed by atoms with E-state index in [0.717, 1.165) is 4.57 Å². The summed E-state index contributed by atoms with van der Waals surface area (Å²) in [5.74, 6) is -0.688. The van der Waals surface area contributed by atoms with E-state index >= 15 is 0 Å². The van der Waals surface area contributed by atoms with Crippen molar-refractivity contribution in [1.29, 1.82) is 0 Å². The Hall–Kier alpha value is -2.57. The Labute approximate surface area is 134 Å². The Morgan fingerprint density at radius 2 is 1.96 bits per heavy atom. The molecule has 0 atom stereocenters. The van der Waals surface area contributed by atoms with Crippen LogP contribution in [0.3, 0.4) is 0 Å². The molecule has 7 nitrogen and oxygen atoms in total. The summed E-state index contributed by atoms with van der Waals surface area (Å²) in [5.41, 5.74) is -0.0543. The molecule has 0 unspecified atom stereocenters. The summed E-state index contributed by atoms with van der Waals surface area (Å²) in [6, 6.07) is 3.17. The second kappa shape index (κ2) is 5.91. The standard InChI is InChI=1S/C16H20N2O5/c1-6-22-14(19)12-8-11-7-10(2)9-17(21)13(11)18(12)15(20)23-16(3,4)5/h7-9H,6H2,1-5H3. The molecule has 0 saturated heterocycles. The van der Waals surface area contributed by atoms with Crippen molar-refractivity contribution in [2.45, 2.75) is 40.2 Å². The van der Waals surface area contributed by atoms with Crippen LogP contribution in [-0.4, -0.2) is 28.8 Å². The molecule has 0 fully saturated rings. The molecular weight excluding hydrogens is 300 g/mol. The van der Waals surface area contributed by atoms with E-state index < -0.39 is 17.7 Å². The van der Waals surface area contributed by atoms with Crippen LogP contribution in [-0.2, 0) is 9.47 Å². The van der Waals surface area contributed by atoms with Gasteiger partial charge in [-0.05, 0) is 46.2 Å². The number of aryl methyl sites for hydroxylation is 1. The van der Waals surface area contributed by atoms with Crippen molar-refractivity contribution < 1.29 is 23.8 Å². The molecule has 0 radical (unpaired) electrons. The van der Waals surface area contributed by atoms with Gasteiger partial charge in [0.15, 0.2) is 0 Å². The van der Waals surface area contributed by atoms with Gasteiger partial charge in [0.05, 0.1) is 18.2 Å². The average molecular weight is 320 g/mol. The van der Waals surface area contributed by atoms with Crippen LogP contribution in [0, 0.1) is 12.1 Å². The minimum atomic E-state index is -0.802. The summed E-state index contributed by atoms with van der Waals surface area (Å²) in [7, 11) is 0. The van der Waals surface area contributed by atoms with Crippen LogP contribution in [0.1, 0.15) is 43.7 Å². The second-order valence-corrected chi connectivity index (χ2v) is 6.19. The number of ether oxygens (including phenoxy) is 2. The predicted molar refractivity (Wildman–Crippen MR) is 83.2 cm³/mol. The summed E-state index contributed by atoms with van der Waals surface area (Å²) in [6.07, 6.45) is 0.530. The molecule has 0 spiro atoms. The van der Waals surface area contributed by atoms with Crippen LogP contribution in [0.4, 0.5) is 4.79 Å². The van der Waals surface area contributed by atoms with E-state index in [-0.39, 0.29) is 17.9 Å². The van der Waals surface area contributed by atoms with Crippen molar-refractivity contribution in [2.75, 3.05) is 6.61 Å². The van der Waals surface area contributed by atoms with Crippen molar-refractivity contribution >= 4 is 23.1 Å². The van der Waals surface area contributed by atoms with Crippen LogP contribution in [0.2, 0.25) is 0 Å². The van der Waals surface area contributed by atoms with Gasteiger partial charge in [0.1, 0.15) is 5.60 Å². The van der Waals surface area contributed by atoms with Crippen molar-refractivity contribution in [3.05, 3.63) is 34.8 Å². The molecule has 2 aromatic heterocycles. The quantitative estimate of drug-likeness (QED) is 0.482. The smallest absolute Gasteiger partial charge is 0.513 e. The summed E-state index contributed by atoms with van der Waals surface area (Å²) in [6.45, 7) is 8.69. The third-order valence-corrected chi connectivity index (χ3v) is 2.98. The topological polar surface area (TPSA) is 84.5 Å². The highest BCUT2D eigenvalue weighted by molar-refractivity contribution is 5.99. The number of carbonyl (C=O) groups excluding carboxylic acids is 2. The van der Waals surface area contributed by atoms with Crippen molar-refractivity contribution in [3.63, 3.8) is 0 Å². The lowest BCUT2D eigenvalue weighted by molar-refractivity contribution is -0.580. The fourth-order valence-electron chi connectivity index (χ4n) is 2.23. The number of hydrogen-bond donors (Lipinski definition) is 0. The molecule has 2 heterocycles. The monoisotopic (exact) mass is 320 g/mol. The van der Waals surface area contributed by atoms with E-state index in [1.54, 1.807) is 40.7 Å². The Balaban J connectivity index is 2.69. The minimum absolute atomic E-state index is 0.0351. The normalized spacial score (nSPS) is 11.5. The summed E-state index contributed by atoms with van der Waals surface area (Å²) in [5, 5.41) is 12.7. The largest absolute Gasteiger partial charge is 0.711 e. The number of pyridine rings is 1. The highest BCUT2D eigenvalue weighted by Gasteiger charge is 2.33. The lowest BCUT2D eigenvalue weighted by Crippen LogP contribution is -2.35. The first-order valence-corrected chi connectivity index (χ1v) is 7.29. The first-order valence-electron chi connectivity index (χ1n) is 7.29. The van der Waals surface area contributed by atoms with Crippen molar-refractivity contribution in [3.8, 4) is 0 Å². The first kappa shape index (κ1) is 16.8. The molecular formula is C16H20N2O5. The van der Waals surface area contributed by atoms with E-state index in [4.69, 9.17) is 9.47 Å². The molecule has 0 aliphatic heterocycles. The van der Waals surface area contributed by atoms with E-state index in [9.17, 15) is 14.8 Å². The van der Waals surface area contributed by atoms with Gasteiger partial charge in [-0.3, -0.25) is 0 Å². The molecule has 7 heteroatoms. The molecule has 0 saturated carbocycles. The van der Waals surface area contributed by atoms with Gasteiger partial charge in [-0.1, -0.05) is 0 Å². The molecule has 2 aromatic rings. The lowest BCUT2D eigenvalue weighted by Gasteiger charge is -2.18. The molecule has 23 heavy (non-hydrogen) atoms. The van der Waals surface area contributed by atoms with Crippen LogP contribution in [0.5, 0.6) is 0 Å². The van der Waals surface area contributed by atoms with Gasteiger partial charge in [-0.25, -0.2) is 9.52 Å². The summed E-state index contributed by atoms with van der Waals surface area (Å²) >= 11 is 0. The summed E-state index contributed by atoms with van der Waals surface area (Å²) in [4.78, 5) is 24.6. The van der Waals surface area contributed by atoms with Gasteiger partial charge < -0.3 is 14.7 Å². The lowest BCUT2D eigenvalue weighted by atomic mass is 10.2. The zero-order valence-electron chi connectivity index (χ0n) is 13.9. The molecule has 0 N–H and O–H groups in total. The zero-order valence-corrected chi connectivity index (χ0v) is 13.9. The van der Waals surface area contributed by atoms with Gasteiger partial charge in [0.25, 0.3) is 0 Å². The third-order valence-electron chi connectivity index (χ3n) is 2.98. The van der Waals surface area contributed by atoms with Crippen molar-refractivity contribution in [1.82, 2.24) is 4.57 Å². The number of esters is 1. The van der Waals surface area contributed by atoms with Crippen LogP contribution >= 0.6 is 0 Å². The van der Waals surface area contributed by atoms with Gasteiger partial charge in [0, 0.05) is 6.07 Å². The minimum Gasteiger partial charge on any atom is -0.711 e. The van der Waals surface area contributed by atoms with Gasteiger partial charge in [-0.15, -0.1) is 4.57 Å². The maximum atomic E-state index is 12.5. The summed E-state index contributed by atoms with van der Waals surface area (Å²) < 4.78 is 11.8. The van der Waals surface area contributed by atoms with Gasteiger partial charge in [-0.2, -0.15) is 4.79 Å². The Bertz CT molecular complexity index is 771. The number of hydrogen-bond acceptors (Lipinski definition) is 5. The first-order chi connectivity index (χ1) is 10.6. The molecule has 0 aromatic carbocycles. The van der Waals surface area contributed by atoms with Crippen LogP contribution in [0.15, 0.2) is 18.3 Å². The van der Waals surface area contributed by atoms with E-state index in [0.29, 0.717) is 15.7 Å². The number of fused-ring (bicyclic) bond motifs is 1. The molecule has 0 aliphatic carbocycles. The highest BCUT2D eigenvalue weighted by Crippen LogP contribution is 2.21. The number of nitrogens with zero attached hydrogens (tertiary/aromatic N) is 2. The van der Waals surface area contributed by atoms with Gasteiger partial charge >= 0.3 is 17.7 Å². The third kappa shape index (κ3) is 3.44. The van der Waals surface area contributed by atoms with Crippen LogP contribution < -0.4 is 4.73 Å². The average Bonchev–Trinajstić information content (AvgIpc) is 2.76. The fraction of sp³-hybridized carbons (Fsp3) is 0.438. The number of carbonyl (C=O) groups is 2. The van der Waals surface area contributed by atoms with Crippen molar-refractivity contribution in [2.24, 2.45) is 0 Å². The van der Waals surface area contributed by atoms with E-state index in [1.807, 2.05) is 0 Å². The maximum absolute atomic E-state index is 12.5. The van der Waals surface area contributed by atoms with E-state index in [2.05, 4.69) is 0 Å². The molecule has 0 amide bonds. The van der Waals surface area contributed by atoms with E-state index in [1.165, 1.54) is 12.3 Å². The van der Waals surface area contributed by atoms with Gasteiger partial charge in [0.2, 0.25) is 5.69 Å².